The van der Waals surface area contributed by atoms with Gasteiger partial charge in [-0.2, -0.15) is 0 Å². The van der Waals surface area contributed by atoms with Gasteiger partial charge in [0.2, 0.25) is 11.6 Å². The van der Waals surface area contributed by atoms with Crippen LogP contribution in [0.2, 0.25) is 0 Å². The lowest BCUT2D eigenvalue weighted by Crippen LogP contribution is -2.35. The second-order valence-corrected chi connectivity index (χ2v) is 2.50. The molecular weight excluding hydrogens is 154 g/mol. The Balaban J connectivity index is 2.87. The molecule has 58 valence electrons. The van der Waals surface area contributed by atoms with E-state index >= 15 is 0 Å². The Morgan fingerprint density at radius 2 is 1.83 bits per heavy atom. The summed E-state index contributed by atoms with van der Waals surface area (Å²) in [4.78, 5) is 25.7. The molecule has 0 N–H and O–H groups in total. The third-order valence-corrected chi connectivity index (χ3v) is 1.67. The van der Waals surface area contributed by atoms with Gasteiger partial charge in [0.05, 0.1) is 5.35 Å². The molecule has 0 saturated carbocycles. The predicted molar refractivity (Wildman–Crippen MR) is 42.4 cm³/mol. The predicted octanol–water partition coefficient (Wildman–Crippen LogP) is -1.21. The van der Waals surface area contributed by atoms with Crippen molar-refractivity contribution in [2.75, 3.05) is 0 Å². The molecule has 0 aromatic carbocycles. The first kappa shape index (κ1) is 6.91. The van der Waals surface area contributed by atoms with Crippen molar-refractivity contribution >= 4 is 23.7 Å². The zero-order chi connectivity index (χ0) is 8.55. The molecule has 0 fully saturated rings. The number of pyridine rings is 1. The van der Waals surface area contributed by atoms with Crippen LogP contribution >= 0.6 is 0 Å². The molecular formula is C9H5NO2. The number of Topliss-reactive ketones (excluding diaryl/α,β-unsaturated/α-hetero) is 2. The van der Waals surface area contributed by atoms with Crippen molar-refractivity contribution in [1.29, 1.82) is 0 Å². The van der Waals surface area contributed by atoms with E-state index in [4.69, 9.17) is 0 Å². The molecule has 1 heterocycles. The van der Waals surface area contributed by atoms with Gasteiger partial charge in [0, 0.05) is 17.5 Å². The number of aromatic nitrogens is 1. The van der Waals surface area contributed by atoms with Crippen LogP contribution in [-0.4, -0.2) is 16.6 Å². The van der Waals surface area contributed by atoms with Crippen LogP contribution in [0, 0.1) is 0 Å². The van der Waals surface area contributed by atoms with E-state index in [1.807, 2.05) is 0 Å². The maximum absolute atomic E-state index is 10.9. The maximum atomic E-state index is 10.9. The van der Waals surface area contributed by atoms with Gasteiger partial charge in [-0.15, -0.1) is 0 Å². The Morgan fingerprint density at radius 1 is 1.08 bits per heavy atom. The molecule has 0 bridgehead atoms. The van der Waals surface area contributed by atoms with Crippen molar-refractivity contribution in [2.24, 2.45) is 0 Å². The first-order valence-electron chi connectivity index (χ1n) is 3.50. The van der Waals surface area contributed by atoms with Crippen molar-refractivity contribution in [3.8, 4) is 0 Å². The molecule has 0 aliphatic heterocycles. The van der Waals surface area contributed by atoms with Crippen LogP contribution in [0.4, 0.5) is 0 Å². The summed E-state index contributed by atoms with van der Waals surface area (Å²) in [6.45, 7) is 0. The lowest BCUT2D eigenvalue weighted by Gasteiger charge is -1.95. The Bertz CT molecular complexity index is 429. The largest absolute Gasteiger partial charge is 0.286 e. The van der Waals surface area contributed by atoms with Crippen LogP contribution in [0.25, 0.3) is 12.2 Å². The zero-order valence-electron chi connectivity index (χ0n) is 6.15. The van der Waals surface area contributed by atoms with Crippen LogP contribution in [0.15, 0.2) is 18.3 Å². The maximum Gasteiger partial charge on any atom is 0.227 e. The lowest BCUT2D eigenvalue weighted by atomic mass is 10.1. The van der Waals surface area contributed by atoms with Gasteiger partial charge in [0.25, 0.3) is 0 Å². The molecule has 3 nitrogen and oxygen atoms in total. The van der Waals surface area contributed by atoms with E-state index in [9.17, 15) is 9.59 Å². The molecule has 0 spiro atoms. The Labute approximate surface area is 68.0 Å². The quantitative estimate of drug-likeness (QED) is 0.446. The molecule has 1 aliphatic carbocycles. The van der Waals surface area contributed by atoms with E-state index in [-0.39, 0.29) is 0 Å². The summed E-state index contributed by atoms with van der Waals surface area (Å²) in [7, 11) is 0. The number of hydrogen-bond donors (Lipinski definition) is 0. The third-order valence-electron chi connectivity index (χ3n) is 1.67. The van der Waals surface area contributed by atoms with Crippen LogP contribution in [0.3, 0.4) is 0 Å². The monoisotopic (exact) mass is 159 g/mol. The topological polar surface area (TPSA) is 47.0 Å². The zero-order valence-corrected chi connectivity index (χ0v) is 6.15. The van der Waals surface area contributed by atoms with Crippen molar-refractivity contribution in [3.05, 3.63) is 28.9 Å². The van der Waals surface area contributed by atoms with Gasteiger partial charge >= 0.3 is 0 Å². The molecule has 1 aliphatic rings. The second-order valence-electron chi connectivity index (χ2n) is 2.50. The molecule has 0 radical (unpaired) electrons. The summed E-state index contributed by atoms with van der Waals surface area (Å²) in [5.41, 5.74) is 0. The fourth-order valence-electron chi connectivity index (χ4n) is 1.08. The first-order chi connectivity index (χ1) is 5.77. The number of fused-ring (bicyclic) bond motifs is 1. The summed E-state index contributed by atoms with van der Waals surface area (Å²) in [5.74, 6) is -0.975. The highest BCUT2D eigenvalue weighted by Gasteiger charge is 2.10. The number of nitrogens with zero attached hydrogens (tertiary/aromatic N) is 1. The number of rotatable bonds is 0. The molecule has 2 rings (SSSR count). The number of carbonyl (C=O) groups excluding carboxylic acids is 2. The lowest BCUT2D eigenvalue weighted by molar-refractivity contribution is -0.129. The Kier molecular flexibility index (Phi) is 1.37. The van der Waals surface area contributed by atoms with Gasteiger partial charge in [-0.1, -0.05) is 6.07 Å². The van der Waals surface area contributed by atoms with E-state index in [0.717, 1.165) is 0 Å². The number of carbonyl (C=O) groups is 2. The molecule has 3 heteroatoms. The van der Waals surface area contributed by atoms with Crippen molar-refractivity contribution < 1.29 is 9.59 Å². The fraction of sp³-hybridized carbons (Fsp3) is 0. The molecule has 0 unspecified atom stereocenters. The standard InChI is InChI=1S/C9H5NO2/c11-8-4-6-2-1-3-10-7(6)5-9(8)12/h1-5H. The molecule has 0 saturated heterocycles. The molecule has 1 aromatic heterocycles. The van der Waals surface area contributed by atoms with E-state index < -0.39 is 11.6 Å². The Morgan fingerprint density at radius 3 is 2.67 bits per heavy atom. The van der Waals surface area contributed by atoms with Crippen LogP contribution in [0.1, 0.15) is 0 Å². The minimum absolute atomic E-state index is 0.476. The summed E-state index contributed by atoms with van der Waals surface area (Å²) in [5, 5.41) is 1.28. The molecule has 12 heavy (non-hydrogen) atoms. The highest BCUT2D eigenvalue weighted by Crippen LogP contribution is 1.84. The van der Waals surface area contributed by atoms with Crippen LogP contribution < -0.4 is 10.6 Å². The van der Waals surface area contributed by atoms with Gasteiger partial charge in [-0.3, -0.25) is 14.6 Å². The smallest absolute Gasteiger partial charge is 0.227 e. The average molecular weight is 159 g/mol. The van der Waals surface area contributed by atoms with Gasteiger partial charge in [-0.25, -0.2) is 0 Å². The molecule has 0 atom stereocenters. The van der Waals surface area contributed by atoms with Crippen molar-refractivity contribution in [2.45, 2.75) is 0 Å². The highest BCUT2D eigenvalue weighted by molar-refractivity contribution is 6.57. The van der Waals surface area contributed by atoms with Gasteiger partial charge in [-0.05, 0) is 12.1 Å². The SMILES string of the molecule is O=C1C=c2cccnc2=CC1=O. The van der Waals surface area contributed by atoms with Gasteiger partial charge < -0.3 is 0 Å². The number of ketones is 2. The van der Waals surface area contributed by atoms with E-state index in [0.29, 0.717) is 10.6 Å². The van der Waals surface area contributed by atoms with Crippen LogP contribution in [0.5, 0.6) is 0 Å². The molecule has 0 amide bonds. The summed E-state index contributed by atoms with van der Waals surface area (Å²) < 4.78 is 0. The summed E-state index contributed by atoms with van der Waals surface area (Å²) in [6.07, 6.45) is 4.16. The van der Waals surface area contributed by atoms with Crippen molar-refractivity contribution in [1.82, 2.24) is 4.98 Å². The van der Waals surface area contributed by atoms with E-state index in [2.05, 4.69) is 4.98 Å². The van der Waals surface area contributed by atoms with Crippen LogP contribution in [-0.2, 0) is 9.59 Å². The van der Waals surface area contributed by atoms with E-state index in [1.54, 1.807) is 18.3 Å². The summed E-state index contributed by atoms with van der Waals surface area (Å²) >= 11 is 0. The molecule has 1 aromatic rings. The average Bonchev–Trinajstić information content (AvgIpc) is 2.07. The van der Waals surface area contributed by atoms with E-state index in [1.165, 1.54) is 12.2 Å². The summed E-state index contributed by atoms with van der Waals surface area (Å²) in [6, 6.07) is 3.48. The van der Waals surface area contributed by atoms with Crippen molar-refractivity contribution in [3.63, 3.8) is 0 Å². The Hall–Kier alpha value is -1.77. The first-order valence-corrected chi connectivity index (χ1v) is 3.50. The minimum Gasteiger partial charge on any atom is -0.286 e. The normalized spacial score (nSPS) is 14.7. The number of hydrogen-bond acceptors (Lipinski definition) is 3. The van der Waals surface area contributed by atoms with Gasteiger partial charge in [0.1, 0.15) is 0 Å². The highest BCUT2D eigenvalue weighted by atomic mass is 16.2. The van der Waals surface area contributed by atoms with Gasteiger partial charge in [0.15, 0.2) is 0 Å². The third kappa shape index (κ3) is 0.955. The second kappa shape index (κ2) is 2.37. The minimum atomic E-state index is -0.499. The fourth-order valence-corrected chi connectivity index (χ4v) is 1.08.